The fraction of sp³-hybridized carbons (Fsp3) is 0.909. The van der Waals surface area contributed by atoms with Gasteiger partial charge in [-0.25, -0.2) is 0 Å². The maximum Gasteiger partial charge on any atom is 0.137 e. The van der Waals surface area contributed by atoms with E-state index in [9.17, 15) is 4.79 Å². The SMILES string of the molecule is CC(C)(C)N1CCCCCC1C=O. The first kappa shape index (κ1) is 10.7. The summed E-state index contributed by atoms with van der Waals surface area (Å²) in [6.07, 6.45) is 5.88. The van der Waals surface area contributed by atoms with Crippen molar-refractivity contribution < 1.29 is 4.79 Å². The van der Waals surface area contributed by atoms with Crippen molar-refractivity contribution in [2.24, 2.45) is 0 Å². The van der Waals surface area contributed by atoms with Gasteiger partial charge >= 0.3 is 0 Å². The topological polar surface area (TPSA) is 20.3 Å². The molecule has 0 bridgehead atoms. The van der Waals surface area contributed by atoms with Crippen molar-refractivity contribution in [1.29, 1.82) is 0 Å². The zero-order chi connectivity index (χ0) is 9.90. The monoisotopic (exact) mass is 183 g/mol. The molecular weight excluding hydrogens is 162 g/mol. The van der Waals surface area contributed by atoms with E-state index in [4.69, 9.17) is 0 Å². The van der Waals surface area contributed by atoms with Crippen LogP contribution in [-0.2, 0) is 4.79 Å². The number of aldehydes is 1. The quantitative estimate of drug-likeness (QED) is 0.581. The lowest BCUT2D eigenvalue weighted by Crippen LogP contribution is -2.48. The van der Waals surface area contributed by atoms with Gasteiger partial charge in [-0.05, 0) is 40.2 Å². The summed E-state index contributed by atoms with van der Waals surface area (Å²) < 4.78 is 0. The second-order valence-corrected chi connectivity index (χ2v) is 4.92. The van der Waals surface area contributed by atoms with Gasteiger partial charge in [0.15, 0.2) is 0 Å². The van der Waals surface area contributed by atoms with Crippen LogP contribution in [-0.4, -0.2) is 29.3 Å². The predicted molar refractivity (Wildman–Crippen MR) is 54.8 cm³/mol. The van der Waals surface area contributed by atoms with Gasteiger partial charge in [0, 0.05) is 5.54 Å². The Morgan fingerprint density at radius 2 is 1.92 bits per heavy atom. The Hall–Kier alpha value is -0.370. The number of nitrogens with zero attached hydrogens (tertiary/aromatic N) is 1. The summed E-state index contributed by atoms with van der Waals surface area (Å²) in [6, 6.07) is 0.155. The third kappa shape index (κ3) is 2.80. The summed E-state index contributed by atoms with van der Waals surface area (Å²) in [4.78, 5) is 13.3. The third-order valence-corrected chi connectivity index (χ3v) is 2.82. The van der Waals surface area contributed by atoms with Crippen LogP contribution < -0.4 is 0 Å². The Morgan fingerprint density at radius 3 is 2.46 bits per heavy atom. The molecule has 0 aromatic heterocycles. The highest BCUT2D eigenvalue weighted by molar-refractivity contribution is 5.57. The van der Waals surface area contributed by atoms with Gasteiger partial charge in [0.2, 0.25) is 0 Å². The van der Waals surface area contributed by atoms with E-state index < -0.39 is 0 Å². The van der Waals surface area contributed by atoms with Crippen LogP contribution in [0.5, 0.6) is 0 Å². The largest absolute Gasteiger partial charge is 0.302 e. The molecule has 0 aromatic carbocycles. The minimum atomic E-state index is 0.135. The van der Waals surface area contributed by atoms with E-state index in [2.05, 4.69) is 25.7 Å². The van der Waals surface area contributed by atoms with Gasteiger partial charge in [-0.3, -0.25) is 4.90 Å². The summed E-state index contributed by atoms with van der Waals surface area (Å²) in [5.74, 6) is 0. The van der Waals surface area contributed by atoms with Gasteiger partial charge in [-0.15, -0.1) is 0 Å². The zero-order valence-electron chi connectivity index (χ0n) is 9.05. The van der Waals surface area contributed by atoms with Gasteiger partial charge in [0.1, 0.15) is 6.29 Å². The van der Waals surface area contributed by atoms with E-state index in [1.807, 2.05) is 0 Å². The molecule has 0 radical (unpaired) electrons. The molecule has 1 saturated heterocycles. The van der Waals surface area contributed by atoms with Crippen LogP contribution in [0.3, 0.4) is 0 Å². The normalized spacial score (nSPS) is 26.8. The number of hydrogen-bond acceptors (Lipinski definition) is 2. The molecule has 2 nitrogen and oxygen atoms in total. The predicted octanol–water partition coefficient (Wildman–Crippen LogP) is 2.23. The molecule has 0 N–H and O–H groups in total. The van der Waals surface area contributed by atoms with E-state index in [-0.39, 0.29) is 11.6 Å². The number of hydrogen-bond donors (Lipinski definition) is 0. The van der Waals surface area contributed by atoms with E-state index in [0.717, 1.165) is 19.3 Å². The fourth-order valence-corrected chi connectivity index (χ4v) is 2.11. The summed E-state index contributed by atoms with van der Waals surface area (Å²) in [6.45, 7) is 7.64. The molecule has 1 aliphatic rings. The first-order valence-corrected chi connectivity index (χ1v) is 5.28. The molecule has 0 saturated carbocycles. The Balaban J connectivity index is 2.70. The molecular formula is C11H21NO. The fourth-order valence-electron chi connectivity index (χ4n) is 2.11. The molecule has 0 spiro atoms. The maximum atomic E-state index is 10.9. The van der Waals surface area contributed by atoms with Crippen molar-refractivity contribution >= 4 is 6.29 Å². The summed E-state index contributed by atoms with van der Waals surface area (Å²) >= 11 is 0. The molecule has 1 rings (SSSR count). The Labute approximate surface area is 81.3 Å². The van der Waals surface area contributed by atoms with Gasteiger partial charge in [0.25, 0.3) is 0 Å². The third-order valence-electron chi connectivity index (χ3n) is 2.82. The lowest BCUT2D eigenvalue weighted by Gasteiger charge is -2.38. The molecule has 2 heteroatoms. The van der Waals surface area contributed by atoms with Crippen LogP contribution in [0, 0.1) is 0 Å². The average molecular weight is 183 g/mol. The first-order chi connectivity index (χ1) is 6.05. The van der Waals surface area contributed by atoms with Crippen LogP contribution >= 0.6 is 0 Å². The highest BCUT2D eigenvalue weighted by Gasteiger charge is 2.29. The summed E-state index contributed by atoms with van der Waals surface area (Å²) in [5, 5.41) is 0. The summed E-state index contributed by atoms with van der Waals surface area (Å²) in [5.41, 5.74) is 0.135. The van der Waals surface area contributed by atoms with Crippen molar-refractivity contribution in [2.45, 2.75) is 58.0 Å². The molecule has 1 unspecified atom stereocenters. The van der Waals surface area contributed by atoms with E-state index in [1.54, 1.807) is 0 Å². The molecule has 1 fully saturated rings. The lowest BCUT2D eigenvalue weighted by molar-refractivity contribution is -0.114. The Kier molecular flexibility index (Phi) is 3.48. The number of carbonyl (C=O) groups is 1. The Bertz CT molecular complexity index is 171. The average Bonchev–Trinajstić information content (AvgIpc) is 2.26. The van der Waals surface area contributed by atoms with E-state index >= 15 is 0 Å². The molecule has 0 aliphatic carbocycles. The smallest absolute Gasteiger partial charge is 0.137 e. The second kappa shape index (κ2) is 4.23. The van der Waals surface area contributed by atoms with Gasteiger partial charge in [-0.1, -0.05) is 12.8 Å². The van der Waals surface area contributed by atoms with Crippen molar-refractivity contribution in [2.75, 3.05) is 6.54 Å². The van der Waals surface area contributed by atoms with Gasteiger partial charge in [0.05, 0.1) is 6.04 Å². The highest BCUT2D eigenvalue weighted by atomic mass is 16.1. The number of likely N-dealkylation sites (tertiary alicyclic amines) is 1. The number of carbonyl (C=O) groups excluding carboxylic acids is 1. The van der Waals surface area contributed by atoms with Crippen LogP contribution in [0.1, 0.15) is 46.5 Å². The van der Waals surface area contributed by atoms with Gasteiger partial charge < -0.3 is 4.79 Å². The standard InChI is InChI=1S/C11H21NO/c1-11(2,3)12-8-6-4-5-7-10(12)9-13/h9-10H,4-8H2,1-3H3. The molecule has 1 heterocycles. The van der Waals surface area contributed by atoms with E-state index in [0.29, 0.717) is 0 Å². The van der Waals surface area contributed by atoms with E-state index in [1.165, 1.54) is 19.3 Å². The number of rotatable bonds is 1. The minimum Gasteiger partial charge on any atom is -0.302 e. The van der Waals surface area contributed by atoms with Crippen molar-refractivity contribution in [3.63, 3.8) is 0 Å². The molecule has 13 heavy (non-hydrogen) atoms. The van der Waals surface area contributed by atoms with Crippen molar-refractivity contribution in [3.8, 4) is 0 Å². The molecule has 0 amide bonds. The van der Waals surface area contributed by atoms with Crippen molar-refractivity contribution in [3.05, 3.63) is 0 Å². The van der Waals surface area contributed by atoms with Crippen LogP contribution in [0.25, 0.3) is 0 Å². The van der Waals surface area contributed by atoms with Crippen LogP contribution in [0.4, 0.5) is 0 Å². The Morgan fingerprint density at radius 1 is 1.23 bits per heavy atom. The molecule has 1 aliphatic heterocycles. The van der Waals surface area contributed by atoms with Crippen LogP contribution in [0.2, 0.25) is 0 Å². The molecule has 0 aromatic rings. The van der Waals surface area contributed by atoms with Crippen molar-refractivity contribution in [1.82, 2.24) is 4.90 Å². The maximum absolute atomic E-state index is 10.9. The second-order valence-electron chi connectivity index (χ2n) is 4.92. The highest BCUT2D eigenvalue weighted by Crippen LogP contribution is 2.23. The zero-order valence-corrected chi connectivity index (χ0v) is 9.05. The first-order valence-electron chi connectivity index (χ1n) is 5.28. The molecule has 76 valence electrons. The minimum absolute atomic E-state index is 0.135. The molecule has 1 atom stereocenters. The summed E-state index contributed by atoms with van der Waals surface area (Å²) in [7, 11) is 0. The lowest BCUT2D eigenvalue weighted by atomic mass is 10.0. The van der Waals surface area contributed by atoms with Crippen LogP contribution in [0.15, 0.2) is 0 Å². The van der Waals surface area contributed by atoms with Gasteiger partial charge in [-0.2, -0.15) is 0 Å².